The molecule has 0 aliphatic rings. The Balaban J connectivity index is 1.76. The monoisotopic (exact) mass is 446 g/mol. The minimum Gasteiger partial charge on any atom is -0.334 e. The third-order valence-corrected chi connectivity index (χ3v) is 4.94. The Morgan fingerprint density at radius 3 is 2.09 bits per heavy atom. The Bertz CT molecular complexity index is 1200. The first-order chi connectivity index (χ1) is 15.5. The molecule has 0 aliphatic carbocycles. The second-order valence-electron chi connectivity index (χ2n) is 6.88. The van der Waals surface area contributed by atoms with Gasteiger partial charge in [-0.1, -0.05) is 54.1 Å². The molecule has 32 heavy (non-hydrogen) atoms. The van der Waals surface area contributed by atoms with Crippen LogP contribution in [-0.4, -0.2) is 14.9 Å². The van der Waals surface area contributed by atoms with Gasteiger partial charge >= 0.3 is 5.69 Å². The number of para-hydroxylation sites is 2. The highest BCUT2D eigenvalue weighted by molar-refractivity contribution is 6.30. The predicted octanol–water partition coefficient (Wildman–Crippen LogP) is 6.26. The van der Waals surface area contributed by atoms with Crippen LogP contribution < -0.4 is 15.8 Å². The smallest absolute Gasteiger partial charge is 0.334 e. The van der Waals surface area contributed by atoms with Crippen molar-refractivity contribution >= 4 is 46.0 Å². The average Bonchev–Trinajstić information content (AvgIpc) is 2.81. The maximum absolute atomic E-state index is 12.0. The van der Waals surface area contributed by atoms with Crippen LogP contribution in [0.2, 0.25) is 5.02 Å². The number of benzene rings is 3. The first kappa shape index (κ1) is 21.1. The molecule has 0 amide bonds. The molecule has 0 saturated carbocycles. The molecule has 0 unspecified atom stereocenters. The summed E-state index contributed by atoms with van der Waals surface area (Å²) in [6.45, 7) is 1.87. The molecule has 0 spiro atoms. The van der Waals surface area contributed by atoms with Crippen LogP contribution in [0.5, 0.6) is 0 Å². The molecule has 160 valence electrons. The predicted molar refractivity (Wildman–Crippen MR) is 127 cm³/mol. The van der Waals surface area contributed by atoms with E-state index in [0.29, 0.717) is 10.7 Å². The highest BCUT2D eigenvalue weighted by atomic mass is 35.5. The van der Waals surface area contributed by atoms with E-state index in [1.165, 1.54) is 6.33 Å². The van der Waals surface area contributed by atoms with Gasteiger partial charge in [0.15, 0.2) is 0 Å². The molecule has 0 radical (unpaired) electrons. The van der Waals surface area contributed by atoms with Crippen molar-refractivity contribution in [1.29, 1.82) is 0 Å². The molecular weight excluding hydrogens is 428 g/mol. The summed E-state index contributed by atoms with van der Waals surface area (Å²) in [5.74, 6) is 0.0961. The largest absolute Gasteiger partial charge is 0.355 e. The van der Waals surface area contributed by atoms with Gasteiger partial charge in [0.25, 0.3) is 0 Å². The number of hydrogen-bond acceptors (Lipinski definition) is 7. The Kier molecular flexibility index (Phi) is 6.14. The van der Waals surface area contributed by atoms with Crippen LogP contribution in [0, 0.1) is 17.0 Å². The molecule has 0 aliphatic heterocycles. The van der Waals surface area contributed by atoms with Crippen molar-refractivity contribution in [3.05, 3.63) is 106 Å². The molecule has 4 aromatic rings. The number of nitrogens with one attached hydrogen (secondary N) is 2. The Labute approximate surface area is 189 Å². The fourth-order valence-corrected chi connectivity index (χ4v) is 3.29. The van der Waals surface area contributed by atoms with Crippen molar-refractivity contribution in [3.8, 4) is 0 Å². The average molecular weight is 447 g/mol. The summed E-state index contributed by atoms with van der Waals surface area (Å²) in [5, 5.41) is 17.3. The van der Waals surface area contributed by atoms with Gasteiger partial charge in [0.1, 0.15) is 6.33 Å². The van der Waals surface area contributed by atoms with Crippen LogP contribution in [0.1, 0.15) is 5.56 Å². The van der Waals surface area contributed by atoms with Crippen molar-refractivity contribution in [2.24, 2.45) is 0 Å². The van der Waals surface area contributed by atoms with Crippen LogP contribution in [0.15, 0.2) is 85.2 Å². The summed E-state index contributed by atoms with van der Waals surface area (Å²) in [6.07, 6.45) is 1.27. The standard InChI is InChI=1S/C23H19ClN6O2/c1-16-12-13-17(24)14-20(16)27-22-21(30(31)32)23(26-15-25-22)28-29(18-8-4-2-5-9-18)19-10-6-3-7-11-19/h2-15H,1H3,(H2,25,26,27,28). The van der Waals surface area contributed by atoms with Crippen LogP contribution in [0.3, 0.4) is 0 Å². The lowest BCUT2D eigenvalue weighted by molar-refractivity contribution is -0.383. The van der Waals surface area contributed by atoms with Crippen molar-refractivity contribution in [2.45, 2.75) is 6.92 Å². The van der Waals surface area contributed by atoms with Gasteiger partial charge in [-0.05, 0) is 48.9 Å². The van der Waals surface area contributed by atoms with E-state index in [2.05, 4.69) is 20.7 Å². The number of hydrogen-bond donors (Lipinski definition) is 2. The van der Waals surface area contributed by atoms with Gasteiger partial charge in [-0.25, -0.2) is 9.97 Å². The molecule has 0 bridgehead atoms. The van der Waals surface area contributed by atoms with Crippen LogP contribution in [-0.2, 0) is 0 Å². The fourth-order valence-electron chi connectivity index (χ4n) is 3.12. The molecular formula is C23H19ClN6O2. The number of hydrazine groups is 1. The van der Waals surface area contributed by atoms with E-state index < -0.39 is 4.92 Å². The molecule has 1 aromatic heterocycles. The number of rotatable bonds is 7. The highest BCUT2D eigenvalue weighted by Gasteiger charge is 2.25. The Morgan fingerprint density at radius 2 is 1.50 bits per heavy atom. The minimum atomic E-state index is -0.515. The summed E-state index contributed by atoms with van der Waals surface area (Å²) in [5.41, 5.74) is 5.85. The van der Waals surface area contributed by atoms with E-state index in [0.717, 1.165) is 16.9 Å². The number of anilines is 5. The third-order valence-electron chi connectivity index (χ3n) is 4.70. The Morgan fingerprint density at radius 1 is 0.906 bits per heavy atom. The van der Waals surface area contributed by atoms with Crippen LogP contribution >= 0.6 is 11.6 Å². The first-order valence-corrected chi connectivity index (χ1v) is 10.1. The summed E-state index contributed by atoms with van der Waals surface area (Å²) in [4.78, 5) is 19.8. The number of halogens is 1. The number of aryl methyl sites for hydroxylation is 1. The van der Waals surface area contributed by atoms with Crippen molar-refractivity contribution in [2.75, 3.05) is 15.8 Å². The van der Waals surface area contributed by atoms with E-state index in [1.54, 1.807) is 17.1 Å². The topological polar surface area (TPSA) is 96.2 Å². The van der Waals surface area contributed by atoms with Gasteiger partial charge in [0.2, 0.25) is 11.6 Å². The van der Waals surface area contributed by atoms with Crippen LogP contribution in [0.25, 0.3) is 0 Å². The van der Waals surface area contributed by atoms with E-state index >= 15 is 0 Å². The minimum absolute atomic E-state index is 0.0416. The number of nitro groups is 1. The van der Waals surface area contributed by atoms with Gasteiger partial charge in [0.05, 0.1) is 16.3 Å². The molecule has 2 N–H and O–H groups in total. The van der Waals surface area contributed by atoms with Crippen molar-refractivity contribution in [3.63, 3.8) is 0 Å². The molecule has 8 nitrogen and oxygen atoms in total. The highest BCUT2D eigenvalue weighted by Crippen LogP contribution is 2.35. The lowest BCUT2D eigenvalue weighted by Gasteiger charge is -2.26. The van der Waals surface area contributed by atoms with Gasteiger partial charge in [-0.15, -0.1) is 0 Å². The lowest BCUT2D eigenvalue weighted by Crippen LogP contribution is -2.26. The zero-order chi connectivity index (χ0) is 22.5. The second-order valence-corrected chi connectivity index (χ2v) is 7.32. The first-order valence-electron chi connectivity index (χ1n) is 9.72. The fraction of sp³-hybridized carbons (Fsp3) is 0.0435. The van der Waals surface area contributed by atoms with E-state index in [1.807, 2.05) is 73.7 Å². The van der Waals surface area contributed by atoms with Crippen molar-refractivity contribution in [1.82, 2.24) is 9.97 Å². The molecule has 9 heteroatoms. The summed E-state index contributed by atoms with van der Waals surface area (Å²) in [6, 6.07) is 24.2. The summed E-state index contributed by atoms with van der Waals surface area (Å²) >= 11 is 6.10. The second kappa shape index (κ2) is 9.32. The zero-order valence-electron chi connectivity index (χ0n) is 17.1. The number of nitrogens with zero attached hydrogens (tertiary/aromatic N) is 4. The molecule has 0 atom stereocenters. The molecule has 0 fully saturated rings. The zero-order valence-corrected chi connectivity index (χ0v) is 17.8. The van der Waals surface area contributed by atoms with Crippen LogP contribution in [0.4, 0.5) is 34.4 Å². The van der Waals surface area contributed by atoms with E-state index in [4.69, 9.17) is 11.6 Å². The molecule has 0 saturated heterocycles. The normalized spacial score (nSPS) is 10.4. The quantitative estimate of drug-likeness (QED) is 0.255. The molecule has 3 aromatic carbocycles. The van der Waals surface area contributed by atoms with E-state index in [9.17, 15) is 10.1 Å². The maximum atomic E-state index is 12.0. The van der Waals surface area contributed by atoms with Gasteiger partial charge in [-0.2, -0.15) is 0 Å². The van der Waals surface area contributed by atoms with Gasteiger partial charge < -0.3 is 5.32 Å². The van der Waals surface area contributed by atoms with Crippen molar-refractivity contribution < 1.29 is 4.92 Å². The summed E-state index contributed by atoms with van der Waals surface area (Å²) in [7, 11) is 0. The van der Waals surface area contributed by atoms with E-state index in [-0.39, 0.29) is 17.3 Å². The SMILES string of the molecule is Cc1ccc(Cl)cc1Nc1ncnc(NN(c2ccccc2)c2ccccc2)c1[N+](=O)[O-]. The molecule has 4 rings (SSSR count). The lowest BCUT2D eigenvalue weighted by atomic mass is 10.2. The summed E-state index contributed by atoms with van der Waals surface area (Å²) < 4.78 is 0. The maximum Gasteiger partial charge on any atom is 0.355 e. The number of aromatic nitrogens is 2. The molecule has 1 heterocycles. The third kappa shape index (κ3) is 4.60. The Hall–Kier alpha value is -4.17. The van der Waals surface area contributed by atoms with Gasteiger partial charge in [0, 0.05) is 10.7 Å². The van der Waals surface area contributed by atoms with Gasteiger partial charge in [-0.3, -0.25) is 20.5 Å².